The summed E-state index contributed by atoms with van der Waals surface area (Å²) in [7, 11) is 4.02. The fourth-order valence-electron chi connectivity index (χ4n) is 3.67. The van der Waals surface area contributed by atoms with E-state index in [2.05, 4.69) is 25.2 Å². The zero-order chi connectivity index (χ0) is 20.5. The lowest BCUT2D eigenvalue weighted by Gasteiger charge is -2.30. The molecule has 0 amide bonds. The van der Waals surface area contributed by atoms with Gasteiger partial charge in [0.1, 0.15) is 0 Å². The summed E-state index contributed by atoms with van der Waals surface area (Å²) >= 11 is 0. The average molecular weight is 401 g/mol. The molecule has 0 saturated heterocycles. The maximum atomic E-state index is 5.16. The van der Waals surface area contributed by atoms with Gasteiger partial charge in [0.25, 0.3) is 0 Å². The molecular formula is C22H23N7O. The molecular weight excluding hydrogens is 378 g/mol. The second-order valence-corrected chi connectivity index (χ2v) is 7.51. The zero-order valence-corrected chi connectivity index (χ0v) is 17.0. The molecule has 8 heteroatoms. The number of aromatic nitrogens is 4. The van der Waals surface area contributed by atoms with Crippen LogP contribution in [0.25, 0.3) is 11.1 Å². The number of fused-ring (bicyclic) bond motifs is 1. The number of hydrogen-bond acceptors (Lipinski definition) is 7. The maximum absolute atomic E-state index is 5.16. The number of imidazole rings is 1. The molecule has 3 aromatic heterocycles. The minimum absolute atomic E-state index is 0.571. The molecule has 2 N–H and O–H groups in total. The molecule has 0 spiro atoms. The van der Waals surface area contributed by atoms with Crippen molar-refractivity contribution >= 4 is 23.1 Å². The Balaban J connectivity index is 1.40. The highest BCUT2D eigenvalue weighted by atomic mass is 16.3. The van der Waals surface area contributed by atoms with Crippen LogP contribution in [0.5, 0.6) is 0 Å². The van der Waals surface area contributed by atoms with Crippen LogP contribution in [-0.2, 0) is 13.0 Å². The molecule has 0 saturated carbocycles. The van der Waals surface area contributed by atoms with Crippen LogP contribution >= 0.6 is 0 Å². The monoisotopic (exact) mass is 401 g/mol. The fraction of sp³-hybridized carbons (Fsp3) is 0.227. The molecule has 1 aromatic carbocycles. The highest BCUT2D eigenvalue weighted by Crippen LogP contribution is 2.31. The first-order valence-electron chi connectivity index (χ1n) is 9.87. The number of furan rings is 1. The fourth-order valence-corrected chi connectivity index (χ4v) is 3.67. The lowest BCUT2D eigenvalue weighted by Crippen LogP contribution is -2.32. The lowest BCUT2D eigenvalue weighted by atomic mass is 10.1. The van der Waals surface area contributed by atoms with E-state index in [9.17, 15) is 0 Å². The summed E-state index contributed by atoms with van der Waals surface area (Å²) in [6.45, 7) is 1.63. The highest BCUT2D eigenvalue weighted by molar-refractivity contribution is 5.70. The van der Waals surface area contributed by atoms with Gasteiger partial charge in [-0.15, -0.1) is 0 Å². The smallest absolute Gasteiger partial charge is 0.229 e. The molecule has 0 aliphatic carbocycles. The second-order valence-electron chi connectivity index (χ2n) is 7.51. The van der Waals surface area contributed by atoms with E-state index in [1.165, 1.54) is 0 Å². The van der Waals surface area contributed by atoms with E-state index >= 15 is 0 Å². The molecule has 0 radical (unpaired) electrons. The van der Waals surface area contributed by atoms with Crippen LogP contribution in [-0.4, -0.2) is 40.6 Å². The molecule has 30 heavy (non-hydrogen) atoms. The van der Waals surface area contributed by atoms with Crippen molar-refractivity contribution in [1.82, 2.24) is 19.9 Å². The molecule has 4 heterocycles. The Morgan fingerprint density at radius 3 is 2.73 bits per heavy atom. The van der Waals surface area contributed by atoms with Crippen LogP contribution < -0.4 is 15.1 Å². The minimum atomic E-state index is 0.571. The zero-order valence-electron chi connectivity index (χ0n) is 17.0. The standard InChI is InChI=1S/C22H23N7O/c1-28(2)20-11-23-22(26-17-5-3-15(4-6-17)16-8-10-30-13-16)27-21(20)29-9-7-18-19(12-29)25-14-24-18/h3-6,8,10-11,13-14H,7,9,12H2,1-2H3,(H,24,25)(H,23,26,27). The topological polar surface area (TPSA) is 86.1 Å². The van der Waals surface area contributed by atoms with Gasteiger partial charge in [-0.3, -0.25) is 0 Å². The second kappa shape index (κ2) is 7.55. The summed E-state index contributed by atoms with van der Waals surface area (Å²) < 4.78 is 5.16. The Kier molecular flexibility index (Phi) is 4.59. The molecule has 0 unspecified atom stereocenters. The van der Waals surface area contributed by atoms with Crippen molar-refractivity contribution in [2.45, 2.75) is 13.0 Å². The third kappa shape index (κ3) is 3.47. The van der Waals surface area contributed by atoms with Gasteiger partial charge in [-0.25, -0.2) is 9.97 Å². The van der Waals surface area contributed by atoms with Gasteiger partial charge in [0, 0.05) is 38.3 Å². The van der Waals surface area contributed by atoms with Crippen LogP contribution in [0.3, 0.4) is 0 Å². The summed E-state index contributed by atoms with van der Waals surface area (Å²) in [4.78, 5) is 21.3. The maximum Gasteiger partial charge on any atom is 0.229 e. The Morgan fingerprint density at radius 2 is 1.97 bits per heavy atom. The van der Waals surface area contributed by atoms with E-state index in [-0.39, 0.29) is 0 Å². The lowest BCUT2D eigenvalue weighted by molar-refractivity contribution is 0.568. The van der Waals surface area contributed by atoms with Gasteiger partial charge < -0.3 is 24.5 Å². The number of hydrogen-bond donors (Lipinski definition) is 2. The van der Waals surface area contributed by atoms with E-state index < -0.39 is 0 Å². The van der Waals surface area contributed by atoms with Crippen molar-refractivity contribution in [3.63, 3.8) is 0 Å². The minimum Gasteiger partial charge on any atom is -0.472 e. The van der Waals surface area contributed by atoms with Crippen molar-refractivity contribution in [2.24, 2.45) is 0 Å². The number of nitrogens with one attached hydrogen (secondary N) is 2. The van der Waals surface area contributed by atoms with Gasteiger partial charge in [0.15, 0.2) is 5.82 Å². The van der Waals surface area contributed by atoms with E-state index in [1.54, 1.807) is 18.9 Å². The third-order valence-corrected chi connectivity index (χ3v) is 5.30. The molecule has 4 aromatic rings. The largest absolute Gasteiger partial charge is 0.472 e. The normalized spacial score (nSPS) is 13.2. The number of anilines is 4. The van der Waals surface area contributed by atoms with Gasteiger partial charge in [0.2, 0.25) is 5.95 Å². The first kappa shape index (κ1) is 18.2. The van der Waals surface area contributed by atoms with E-state index in [1.807, 2.05) is 55.5 Å². The Labute approximate surface area is 174 Å². The first-order valence-corrected chi connectivity index (χ1v) is 9.87. The molecule has 152 valence electrons. The quantitative estimate of drug-likeness (QED) is 0.525. The Hall–Kier alpha value is -3.81. The molecule has 8 nitrogen and oxygen atoms in total. The summed E-state index contributed by atoms with van der Waals surface area (Å²) in [6.07, 6.45) is 7.94. The van der Waals surface area contributed by atoms with Crippen LogP contribution in [0.2, 0.25) is 0 Å². The number of rotatable bonds is 5. The van der Waals surface area contributed by atoms with Crippen LogP contribution in [0.4, 0.5) is 23.1 Å². The molecule has 5 rings (SSSR count). The van der Waals surface area contributed by atoms with Crippen molar-refractivity contribution in [3.05, 3.63) is 66.8 Å². The number of H-pyrrole nitrogens is 1. The number of nitrogens with zero attached hydrogens (tertiary/aromatic N) is 5. The summed E-state index contributed by atoms with van der Waals surface area (Å²) in [5, 5.41) is 3.33. The van der Waals surface area contributed by atoms with Crippen molar-refractivity contribution in [2.75, 3.05) is 35.8 Å². The van der Waals surface area contributed by atoms with E-state index in [0.29, 0.717) is 5.95 Å². The van der Waals surface area contributed by atoms with Crippen molar-refractivity contribution in [1.29, 1.82) is 0 Å². The molecule has 1 aliphatic heterocycles. The van der Waals surface area contributed by atoms with E-state index in [0.717, 1.165) is 59.2 Å². The predicted octanol–water partition coefficient (Wildman–Crippen LogP) is 3.83. The van der Waals surface area contributed by atoms with Crippen LogP contribution in [0.1, 0.15) is 11.4 Å². The molecule has 0 atom stereocenters. The Morgan fingerprint density at radius 1 is 1.10 bits per heavy atom. The Bertz CT molecular complexity index is 1130. The van der Waals surface area contributed by atoms with Gasteiger partial charge in [-0.2, -0.15) is 4.98 Å². The van der Waals surface area contributed by atoms with E-state index in [4.69, 9.17) is 9.40 Å². The number of benzene rings is 1. The average Bonchev–Trinajstić information content (AvgIpc) is 3.45. The van der Waals surface area contributed by atoms with Gasteiger partial charge in [0.05, 0.1) is 48.7 Å². The number of aromatic amines is 1. The predicted molar refractivity (Wildman–Crippen MR) is 117 cm³/mol. The first-order chi connectivity index (χ1) is 14.7. The highest BCUT2D eigenvalue weighted by Gasteiger charge is 2.23. The van der Waals surface area contributed by atoms with Crippen molar-refractivity contribution < 1.29 is 4.42 Å². The van der Waals surface area contributed by atoms with Crippen molar-refractivity contribution in [3.8, 4) is 11.1 Å². The summed E-state index contributed by atoms with van der Waals surface area (Å²) in [5.74, 6) is 1.48. The van der Waals surface area contributed by atoms with Gasteiger partial charge in [-0.1, -0.05) is 12.1 Å². The summed E-state index contributed by atoms with van der Waals surface area (Å²) in [6, 6.07) is 10.1. The third-order valence-electron chi connectivity index (χ3n) is 5.30. The SMILES string of the molecule is CN(C)c1cnc(Nc2ccc(-c3ccoc3)cc2)nc1N1CCc2nc[nH]c2C1. The summed E-state index contributed by atoms with van der Waals surface area (Å²) in [5.41, 5.74) is 6.36. The van der Waals surface area contributed by atoms with Crippen LogP contribution in [0.15, 0.2) is 59.8 Å². The van der Waals surface area contributed by atoms with Gasteiger partial charge >= 0.3 is 0 Å². The van der Waals surface area contributed by atoms with Gasteiger partial charge in [-0.05, 0) is 23.8 Å². The molecule has 0 bridgehead atoms. The van der Waals surface area contributed by atoms with Crippen LogP contribution in [0, 0.1) is 0 Å². The molecule has 1 aliphatic rings. The molecule has 0 fully saturated rings.